The van der Waals surface area contributed by atoms with E-state index < -0.39 is 103 Å². The summed E-state index contributed by atoms with van der Waals surface area (Å²) in [5.41, 5.74) is 5.88. The van der Waals surface area contributed by atoms with E-state index in [-0.39, 0.29) is 18.9 Å². The van der Waals surface area contributed by atoms with Gasteiger partial charge in [-0.05, 0) is 45.4 Å². The number of hydrogen-bond acceptors (Lipinski definition) is 9. The van der Waals surface area contributed by atoms with Crippen LogP contribution in [0.3, 0.4) is 0 Å². The maximum atomic E-state index is 13.1. The maximum Gasteiger partial charge on any atom is 0.326 e. The van der Waals surface area contributed by atoms with E-state index in [9.17, 15) is 43.5 Å². The molecule has 1 aliphatic heterocycles. The van der Waals surface area contributed by atoms with Crippen molar-refractivity contribution in [2.45, 2.75) is 102 Å². The maximum absolute atomic E-state index is 13.1. The summed E-state index contributed by atoms with van der Waals surface area (Å²) in [4.78, 5) is 98.5. The van der Waals surface area contributed by atoms with Gasteiger partial charge in [-0.15, -0.1) is 0 Å². The lowest BCUT2D eigenvalue weighted by atomic mass is 10.0. The minimum Gasteiger partial charge on any atom is -0.481 e. The van der Waals surface area contributed by atoms with Crippen molar-refractivity contribution in [2.24, 2.45) is 11.7 Å². The number of likely N-dealkylation sites (tertiary alicyclic amines) is 1. The minimum absolute atomic E-state index is 0.165. The number of nitrogens with zero attached hydrogens (tertiary/aromatic N) is 1. The van der Waals surface area contributed by atoms with Crippen molar-refractivity contribution >= 4 is 47.4 Å². The second-order valence-corrected chi connectivity index (χ2v) is 10.9. The molecular weight excluding hydrogens is 572 g/mol. The molecule has 1 saturated heterocycles. The van der Waals surface area contributed by atoms with Crippen LogP contribution in [0.1, 0.15) is 66.2 Å². The summed E-state index contributed by atoms with van der Waals surface area (Å²) < 4.78 is 0. The van der Waals surface area contributed by atoms with Crippen LogP contribution in [0.25, 0.3) is 0 Å². The smallest absolute Gasteiger partial charge is 0.326 e. The summed E-state index contributed by atoms with van der Waals surface area (Å²) in [5, 5.41) is 36.3. The second-order valence-electron chi connectivity index (χ2n) is 10.9. The molecule has 5 amide bonds. The molecule has 6 atom stereocenters. The fourth-order valence-electron chi connectivity index (χ4n) is 4.40. The highest BCUT2D eigenvalue weighted by atomic mass is 16.4. The monoisotopic (exact) mass is 614 g/mol. The zero-order chi connectivity index (χ0) is 33.0. The van der Waals surface area contributed by atoms with Gasteiger partial charge in [0.1, 0.15) is 30.2 Å². The molecule has 17 nitrogen and oxygen atoms in total. The van der Waals surface area contributed by atoms with Gasteiger partial charge in [0.15, 0.2) is 0 Å². The third kappa shape index (κ3) is 12.2. The van der Waals surface area contributed by atoms with Gasteiger partial charge in [0.25, 0.3) is 0 Å². The number of nitrogens with one attached hydrogen (secondary N) is 4. The van der Waals surface area contributed by atoms with Crippen molar-refractivity contribution in [3.8, 4) is 0 Å². The number of carbonyl (C=O) groups excluding carboxylic acids is 5. The van der Waals surface area contributed by atoms with E-state index in [1.165, 1.54) is 18.7 Å². The normalized spacial score (nSPS) is 18.0. The second kappa shape index (κ2) is 17.0. The number of carboxylic acids is 3. The van der Waals surface area contributed by atoms with E-state index in [0.717, 1.165) is 0 Å². The Bertz CT molecular complexity index is 1080. The molecule has 0 unspecified atom stereocenters. The van der Waals surface area contributed by atoms with Crippen LogP contribution < -0.4 is 27.0 Å². The van der Waals surface area contributed by atoms with Gasteiger partial charge in [-0.1, -0.05) is 13.8 Å². The highest BCUT2D eigenvalue weighted by Gasteiger charge is 2.38. The van der Waals surface area contributed by atoms with Crippen LogP contribution in [-0.2, 0) is 38.4 Å². The molecule has 0 saturated carbocycles. The fourth-order valence-corrected chi connectivity index (χ4v) is 4.40. The van der Waals surface area contributed by atoms with Crippen molar-refractivity contribution < 1.29 is 53.7 Å². The summed E-state index contributed by atoms with van der Waals surface area (Å²) in [7, 11) is 0. The molecule has 0 aromatic carbocycles. The molecule has 0 spiro atoms. The standard InChI is InChI=1S/C26H42N6O11/c1-12(2)10-15(27)22(38)29-14(4)25(41)32-9-5-6-18(32)24(40)28-13(3)21(37)30-16(7-8-19(33)34)23(39)31-17(26(42)43)11-20(35)36/h12-18H,5-11,27H2,1-4H3,(H,28,40)(H,29,38)(H,30,37)(H,31,39)(H,33,34)(H,35,36)(H,42,43)/t13-,14-,15-,16-,17-,18-/m0/s1. The molecule has 1 rings (SSSR count). The third-order valence-corrected chi connectivity index (χ3v) is 6.66. The lowest BCUT2D eigenvalue weighted by Crippen LogP contribution is -2.58. The summed E-state index contributed by atoms with van der Waals surface area (Å²) in [5.74, 6) is -8.05. The van der Waals surface area contributed by atoms with Gasteiger partial charge >= 0.3 is 17.9 Å². The van der Waals surface area contributed by atoms with Crippen LogP contribution in [0.2, 0.25) is 0 Å². The Kier molecular flexibility index (Phi) is 14.5. The zero-order valence-corrected chi connectivity index (χ0v) is 24.6. The Morgan fingerprint density at radius 1 is 0.791 bits per heavy atom. The van der Waals surface area contributed by atoms with Gasteiger partial charge in [-0.3, -0.25) is 33.6 Å². The van der Waals surface area contributed by atoms with Crippen LogP contribution in [-0.4, -0.2) is 110 Å². The van der Waals surface area contributed by atoms with Crippen LogP contribution >= 0.6 is 0 Å². The first-order valence-electron chi connectivity index (χ1n) is 13.9. The lowest BCUT2D eigenvalue weighted by Gasteiger charge is -2.29. The first-order chi connectivity index (χ1) is 19.9. The number of aliphatic carboxylic acids is 3. The van der Waals surface area contributed by atoms with E-state index in [1.54, 1.807) is 0 Å². The van der Waals surface area contributed by atoms with E-state index >= 15 is 0 Å². The molecule has 0 bridgehead atoms. The van der Waals surface area contributed by atoms with Crippen molar-refractivity contribution in [3.05, 3.63) is 0 Å². The topological polar surface area (TPSA) is 275 Å². The molecule has 0 aromatic rings. The molecule has 17 heteroatoms. The van der Waals surface area contributed by atoms with E-state index in [1.807, 2.05) is 19.2 Å². The Labute approximate surface area is 248 Å². The Balaban J connectivity index is 2.88. The molecule has 0 aromatic heterocycles. The van der Waals surface area contributed by atoms with E-state index in [4.69, 9.17) is 15.9 Å². The third-order valence-electron chi connectivity index (χ3n) is 6.66. The molecule has 43 heavy (non-hydrogen) atoms. The summed E-state index contributed by atoms with van der Waals surface area (Å²) in [6, 6.07) is -7.40. The highest BCUT2D eigenvalue weighted by Crippen LogP contribution is 2.19. The number of carboxylic acid groups (broad SMARTS) is 3. The first kappa shape index (κ1) is 36.7. The minimum atomic E-state index is -1.84. The van der Waals surface area contributed by atoms with Crippen LogP contribution in [0.5, 0.6) is 0 Å². The SMILES string of the molecule is CC(C)C[C@H](N)C(=O)N[C@@H](C)C(=O)N1CCC[C@H]1C(=O)N[C@@H](C)C(=O)N[C@@H](CCC(=O)O)C(=O)N[C@@H](CC(=O)O)C(=O)O. The molecule has 242 valence electrons. The Morgan fingerprint density at radius 2 is 1.40 bits per heavy atom. The largest absolute Gasteiger partial charge is 0.481 e. The summed E-state index contributed by atoms with van der Waals surface area (Å²) in [6.45, 7) is 6.79. The van der Waals surface area contributed by atoms with Gasteiger partial charge in [0, 0.05) is 13.0 Å². The number of nitrogens with two attached hydrogens (primary N) is 1. The Hall–Kier alpha value is -4.28. The summed E-state index contributed by atoms with van der Waals surface area (Å²) >= 11 is 0. The number of amides is 5. The van der Waals surface area contributed by atoms with Crippen molar-refractivity contribution in [2.75, 3.05) is 6.54 Å². The van der Waals surface area contributed by atoms with Gasteiger partial charge < -0.3 is 47.2 Å². The lowest BCUT2D eigenvalue weighted by molar-refractivity contribution is -0.147. The van der Waals surface area contributed by atoms with Crippen molar-refractivity contribution in [1.29, 1.82) is 0 Å². The molecule has 0 aliphatic carbocycles. The highest BCUT2D eigenvalue weighted by molar-refractivity contribution is 5.96. The van der Waals surface area contributed by atoms with Crippen molar-refractivity contribution in [1.82, 2.24) is 26.2 Å². The van der Waals surface area contributed by atoms with Crippen LogP contribution in [0.4, 0.5) is 0 Å². The predicted octanol–water partition coefficient (Wildman–Crippen LogP) is -2.25. The van der Waals surface area contributed by atoms with Crippen LogP contribution in [0, 0.1) is 5.92 Å². The molecule has 9 N–H and O–H groups in total. The number of hydrogen-bond donors (Lipinski definition) is 8. The molecular formula is C26H42N6O11. The van der Waals surface area contributed by atoms with Gasteiger partial charge in [-0.2, -0.15) is 0 Å². The molecule has 1 aliphatic rings. The van der Waals surface area contributed by atoms with Gasteiger partial charge in [0.2, 0.25) is 29.5 Å². The predicted molar refractivity (Wildman–Crippen MR) is 148 cm³/mol. The molecule has 1 fully saturated rings. The van der Waals surface area contributed by atoms with Gasteiger partial charge in [0.05, 0.1) is 12.5 Å². The van der Waals surface area contributed by atoms with E-state index in [2.05, 4.69) is 16.0 Å². The summed E-state index contributed by atoms with van der Waals surface area (Å²) in [6.07, 6.45) is -0.826. The van der Waals surface area contributed by atoms with Crippen molar-refractivity contribution in [3.63, 3.8) is 0 Å². The van der Waals surface area contributed by atoms with E-state index in [0.29, 0.717) is 12.8 Å². The number of rotatable bonds is 17. The van der Waals surface area contributed by atoms with Crippen LogP contribution in [0.15, 0.2) is 0 Å². The molecule has 1 heterocycles. The first-order valence-corrected chi connectivity index (χ1v) is 13.9. The molecule has 0 radical (unpaired) electrons. The quantitative estimate of drug-likeness (QED) is 0.0863. The van der Waals surface area contributed by atoms with Gasteiger partial charge in [-0.25, -0.2) is 4.79 Å². The average Bonchev–Trinajstić information content (AvgIpc) is 3.39. The number of carbonyl (C=O) groups is 8. The Morgan fingerprint density at radius 3 is 1.93 bits per heavy atom. The average molecular weight is 615 g/mol. The fraction of sp³-hybridized carbons (Fsp3) is 0.692. The zero-order valence-electron chi connectivity index (χ0n) is 24.6.